The molecule has 1 saturated carbocycles. The fraction of sp³-hybridized carbons (Fsp3) is 0.654. The minimum absolute atomic E-state index is 0.0451. The van der Waals surface area contributed by atoms with Crippen molar-refractivity contribution < 1.29 is 9.53 Å². The summed E-state index contributed by atoms with van der Waals surface area (Å²) in [7, 11) is 1.76. The molecule has 0 saturated heterocycles. The van der Waals surface area contributed by atoms with Crippen LogP contribution in [0.15, 0.2) is 11.6 Å². The van der Waals surface area contributed by atoms with Gasteiger partial charge in [-0.15, -0.1) is 11.3 Å². The molecule has 164 valence electrons. The Morgan fingerprint density at radius 3 is 2.63 bits per heavy atom. The summed E-state index contributed by atoms with van der Waals surface area (Å²) in [5.41, 5.74) is 4.08. The Labute approximate surface area is 186 Å². The average Bonchev–Trinajstić information content (AvgIpc) is 3.14. The lowest BCUT2D eigenvalue weighted by Crippen LogP contribution is -2.35. The molecule has 0 radical (unpaired) electrons. The molecule has 2 aliphatic rings. The first-order valence-electron chi connectivity index (χ1n) is 11.4. The second-order valence-corrected chi connectivity index (χ2v) is 11.1. The number of aldehydes is 1. The lowest BCUT2D eigenvalue weighted by molar-refractivity contribution is 0.112. The summed E-state index contributed by atoms with van der Waals surface area (Å²) in [6.45, 7) is 12.4. The van der Waals surface area contributed by atoms with Gasteiger partial charge in [-0.3, -0.25) is 9.69 Å². The number of ether oxygens (including phenoxy) is 1. The molecule has 1 aliphatic carbocycles. The van der Waals surface area contributed by atoms with Crippen molar-refractivity contribution in [1.82, 2.24) is 4.90 Å². The molecule has 4 heteroatoms. The van der Waals surface area contributed by atoms with Crippen molar-refractivity contribution in [2.24, 2.45) is 17.3 Å². The van der Waals surface area contributed by atoms with E-state index in [0.717, 1.165) is 60.2 Å². The zero-order valence-corrected chi connectivity index (χ0v) is 20.2. The van der Waals surface area contributed by atoms with E-state index in [2.05, 4.69) is 50.5 Å². The van der Waals surface area contributed by atoms with E-state index in [-0.39, 0.29) is 5.41 Å². The molecule has 0 aromatic carbocycles. The van der Waals surface area contributed by atoms with Gasteiger partial charge in [0, 0.05) is 37.7 Å². The summed E-state index contributed by atoms with van der Waals surface area (Å²) in [4.78, 5) is 16.3. The molecule has 1 aromatic heterocycles. The molecule has 3 nitrogen and oxygen atoms in total. The van der Waals surface area contributed by atoms with Crippen LogP contribution >= 0.6 is 11.3 Å². The van der Waals surface area contributed by atoms with Gasteiger partial charge < -0.3 is 4.74 Å². The molecule has 0 unspecified atom stereocenters. The van der Waals surface area contributed by atoms with E-state index in [4.69, 9.17) is 4.74 Å². The largest absolute Gasteiger partial charge is 0.383 e. The number of nitrogens with zero attached hydrogens (tertiary/aromatic N) is 1. The fourth-order valence-corrected chi connectivity index (χ4v) is 5.46. The Morgan fingerprint density at radius 2 is 2.00 bits per heavy atom. The van der Waals surface area contributed by atoms with Gasteiger partial charge in [0.05, 0.1) is 16.4 Å². The second kappa shape index (κ2) is 10.3. The molecular weight excluding hydrogens is 390 g/mol. The summed E-state index contributed by atoms with van der Waals surface area (Å²) in [5.74, 6) is 8.16. The molecule has 0 spiro atoms. The van der Waals surface area contributed by atoms with Crippen molar-refractivity contribution in [2.75, 3.05) is 33.4 Å². The van der Waals surface area contributed by atoms with Crippen molar-refractivity contribution in [1.29, 1.82) is 0 Å². The van der Waals surface area contributed by atoms with Crippen LogP contribution in [0.2, 0.25) is 0 Å². The van der Waals surface area contributed by atoms with Gasteiger partial charge in [-0.05, 0) is 63.5 Å². The normalized spacial score (nSPS) is 23.2. The molecule has 2 heterocycles. The van der Waals surface area contributed by atoms with Gasteiger partial charge in [-0.2, -0.15) is 0 Å². The SMILES string of the molecule is COCCN1CCC(C2CCC(C)CC2)=C(c2cc(C#CC(C)(C)C)sc2C=O)C1. The Balaban J connectivity index is 1.98. The molecule has 0 N–H and O–H groups in total. The Morgan fingerprint density at radius 1 is 1.27 bits per heavy atom. The number of carbonyl (C=O) groups excluding carboxylic acids is 1. The second-order valence-electron chi connectivity index (χ2n) is 9.99. The van der Waals surface area contributed by atoms with Crippen molar-refractivity contribution in [2.45, 2.75) is 59.8 Å². The molecule has 1 fully saturated rings. The average molecular weight is 428 g/mol. The number of carbonyl (C=O) groups is 1. The van der Waals surface area contributed by atoms with Crippen LogP contribution in [0.5, 0.6) is 0 Å². The fourth-order valence-electron chi connectivity index (χ4n) is 4.60. The van der Waals surface area contributed by atoms with E-state index in [1.165, 1.54) is 31.3 Å². The molecular formula is C26H37NO2S. The molecule has 0 amide bonds. The molecule has 1 aromatic rings. The quantitative estimate of drug-likeness (QED) is 0.419. The summed E-state index contributed by atoms with van der Waals surface area (Å²) >= 11 is 1.54. The summed E-state index contributed by atoms with van der Waals surface area (Å²) in [6.07, 6.45) is 7.35. The lowest BCUT2D eigenvalue weighted by atomic mass is 9.75. The zero-order valence-electron chi connectivity index (χ0n) is 19.3. The number of hydrogen-bond donors (Lipinski definition) is 0. The predicted molar refractivity (Wildman–Crippen MR) is 127 cm³/mol. The van der Waals surface area contributed by atoms with E-state index in [1.807, 2.05) is 0 Å². The van der Waals surface area contributed by atoms with E-state index in [1.54, 1.807) is 24.0 Å². The number of rotatable bonds is 6. The van der Waals surface area contributed by atoms with Gasteiger partial charge in [0.15, 0.2) is 6.29 Å². The highest BCUT2D eigenvalue weighted by atomic mass is 32.1. The number of hydrogen-bond acceptors (Lipinski definition) is 4. The maximum atomic E-state index is 12.0. The van der Waals surface area contributed by atoms with Gasteiger partial charge >= 0.3 is 0 Å². The van der Waals surface area contributed by atoms with Crippen molar-refractivity contribution in [3.8, 4) is 11.8 Å². The molecule has 0 atom stereocenters. The minimum atomic E-state index is -0.0451. The minimum Gasteiger partial charge on any atom is -0.383 e. The number of methoxy groups -OCH3 is 1. The highest BCUT2D eigenvalue weighted by Crippen LogP contribution is 2.41. The van der Waals surface area contributed by atoms with E-state index in [9.17, 15) is 4.79 Å². The van der Waals surface area contributed by atoms with Crippen LogP contribution in [0.25, 0.3) is 5.57 Å². The first-order chi connectivity index (χ1) is 14.3. The maximum Gasteiger partial charge on any atom is 0.160 e. The first-order valence-corrected chi connectivity index (χ1v) is 12.2. The van der Waals surface area contributed by atoms with Crippen LogP contribution < -0.4 is 0 Å². The van der Waals surface area contributed by atoms with Crippen LogP contribution in [-0.2, 0) is 4.74 Å². The van der Waals surface area contributed by atoms with Crippen molar-refractivity contribution >= 4 is 23.2 Å². The van der Waals surface area contributed by atoms with Gasteiger partial charge in [-0.25, -0.2) is 0 Å². The summed E-state index contributed by atoms with van der Waals surface area (Å²) < 4.78 is 5.32. The smallest absolute Gasteiger partial charge is 0.160 e. The lowest BCUT2D eigenvalue weighted by Gasteiger charge is -2.36. The Hall–Kier alpha value is -1.41. The van der Waals surface area contributed by atoms with Crippen molar-refractivity contribution in [3.63, 3.8) is 0 Å². The zero-order chi connectivity index (χ0) is 21.7. The highest BCUT2D eigenvalue weighted by Gasteiger charge is 2.29. The van der Waals surface area contributed by atoms with Gasteiger partial charge in [0.25, 0.3) is 0 Å². The van der Waals surface area contributed by atoms with E-state index < -0.39 is 0 Å². The molecule has 30 heavy (non-hydrogen) atoms. The van der Waals surface area contributed by atoms with Crippen LogP contribution in [0.4, 0.5) is 0 Å². The Bertz CT molecular complexity index is 825. The third kappa shape index (κ3) is 6.06. The molecule has 1 aliphatic heterocycles. The van der Waals surface area contributed by atoms with Gasteiger partial charge in [0.2, 0.25) is 0 Å². The van der Waals surface area contributed by atoms with E-state index in [0.29, 0.717) is 5.92 Å². The third-order valence-electron chi connectivity index (χ3n) is 6.34. The van der Waals surface area contributed by atoms with Gasteiger partial charge in [-0.1, -0.05) is 37.2 Å². The standard InChI is InChI=1S/C26H37NO2S/c1-19-6-8-20(9-7-19)22-11-13-27(14-15-29-5)17-24(22)23-16-21(30-25(23)18-28)10-12-26(2,3)4/h16,18-20H,6-9,11,13-15,17H2,1-5H3. The summed E-state index contributed by atoms with van der Waals surface area (Å²) in [5, 5.41) is 0. The predicted octanol–water partition coefficient (Wildman–Crippen LogP) is 5.89. The van der Waals surface area contributed by atoms with Crippen LogP contribution in [0.1, 0.15) is 79.9 Å². The van der Waals surface area contributed by atoms with Crippen molar-refractivity contribution in [3.05, 3.63) is 27.0 Å². The Kier molecular flexibility index (Phi) is 7.96. The highest BCUT2D eigenvalue weighted by molar-refractivity contribution is 7.14. The maximum absolute atomic E-state index is 12.0. The van der Waals surface area contributed by atoms with Crippen LogP contribution in [0, 0.1) is 29.1 Å². The molecule has 0 bridgehead atoms. The molecule has 3 rings (SSSR count). The van der Waals surface area contributed by atoms with E-state index >= 15 is 0 Å². The third-order valence-corrected chi connectivity index (χ3v) is 7.32. The van der Waals surface area contributed by atoms with Crippen LogP contribution in [-0.4, -0.2) is 44.5 Å². The monoisotopic (exact) mass is 427 g/mol. The summed E-state index contributed by atoms with van der Waals surface area (Å²) in [6, 6.07) is 2.17. The van der Waals surface area contributed by atoms with Gasteiger partial charge in [0.1, 0.15) is 0 Å². The first kappa shape index (κ1) is 23.3. The number of thiophene rings is 1. The topological polar surface area (TPSA) is 29.5 Å². The van der Waals surface area contributed by atoms with Crippen LogP contribution in [0.3, 0.4) is 0 Å².